The third-order valence-corrected chi connectivity index (χ3v) is 13.9. The third kappa shape index (κ3) is 13.8. The van der Waals surface area contributed by atoms with Crippen LogP contribution in [0.4, 0.5) is 11.6 Å². The van der Waals surface area contributed by atoms with Gasteiger partial charge in [0.05, 0.1) is 81.1 Å². The number of carbonyl (C=O) groups is 4. The zero-order chi connectivity index (χ0) is 51.3. The van der Waals surface area contributed by atoms with Crippen molar-refractivity contribution in [3.63, 3.8) is 0 Å². The van der Waals surface area contributed by atoms with Crippen molar-refractivity contribution in [2.24, 2.45) is 5.41 Å². The molecular formula is C52H65N11O9S. The van der Waals surface area contributed by atoms with Crippen LogP contribution in [-0.4, -0.2) is 154 Å². The summed E-state index contributed by atoms with van der Waals surface area (Å²) in [5.41, 5.74) is 7.64. The number of aliphatic hydroxyl groups is 1. The van der Waals surface area contributed by atoms with Gasteiger partial charge in [-0.15, -0.1) is 21.5 Å². The fourth-order valence-electron chi connectivity index (χ4n) is 8.84. The van der Waals surface area contributed by atoms with Crippen LogP contribution in [0.2, 0.25) is 0 Å². The number of hydrogen-bond acceptors (Lipinski definition) is 16. The fraction of sp³-hybridized carbons (Fsp3) is 0.462. The van der Waals surface area contributed by atoms with E-state index in [9.17, 15) is 24.3 Å². The number of β-amino-alcohol motifs (C(OH)–C–C–N with tert-alkyl or cyclic N) is 1. The fourth-order valence-corrected chi connectivity index (χ4v) is 9.65. The molecule has 0 aliphatic carbocycles. The molecule has 4 aromatic heterocycles. The van der Waals surface area contributed by atoms with E-state index in [1.165, 1.54) is 4.90 Å². The van der Waals surface area contributed by atoms with E-state index >= 15 is 0 Å². The van der Waals surface area contributed by atoms with Gasteiger partial charge in [0.25, 0.3) is 0 Å². The molecule has 4 amide bonds. The average Bonchev–Trinajstić information content (AvgIpc) is 4.25. The lowest BCUT2D eigenvalue weighted by molar-refractivity contribution is -0.144. The molecule has 4 N–H and O–H groups in total. The number of nitrogens with zero attached hydrogens (tertiary/aromatic N) is 8. The van der Waals surface area contributed by atoms with Crippen molar-refractivity contribution < 1.29 is 42.9 Å². The molecule has 2 fully saturated rings. The van der Waals surface area contributed by atoms with Crippen LogP contribution in [0.5, 0.6) is 0 Å². The van der Waals surface area contributed by atoms with Crippen LogP contribution in [0, 0.1) is 12.3 Å². The molecule has 2 saturated heterocycles. The van der Waals surface area contributed by atoms with Crippen LogP contribution in [0.3, 0.4) is 0 Å². The summed E-state index contributed by atoms with van der Waals surface area (Å²) in [5, 5.41) is 28.1. The summed E-state index contributed by atoms with van der Waals surface area (Å²) in [6.07, 6.45) is 4.60. The minimum absolute atomic E-state index is 0.00966. The Kier molecular flexibility index (Phi) is 17.8. The minimum atomic E-state index is -0.937. The van der Waals surface area contributed by atoms with Crippen molar-refractivity contribution in [2.45, 2.75) is 78.2 Å². The van der Waals surface area contributed by atoms with Gasteiger partial charge in [-0.05, 0) is 53.3 Å². The van der Waals surface area contributed by atoms with E-state index in [1.54, 1.807) is 30.1 Å². The molecule has 2 aliphatic rings. The molecule has 0 unspecified atom stereocenters. The normalized spacial score (nSPS) is 16.5. The standard InChI is InChI=1S/C52H65N11O9S/c1-35-46(73-34-56-35)38-9-7-36(8-10-38)29-53-49(67)43-28-40(64)32-62(43)50(68)47(52(2,3)4)58-44(65)15-22-69-24-26-71-27-25-70-23-16-45(66)61-19-17-60(18-20-61)39-13-11-37(12-14-39)42-31-55-51(63-33-57-59-48(42)63)54-30-41-6-5-21-72-41/h5-14,21,31,33-34,40,43,47,64H,15-20,22-30,32H2,1-4H3,(H,53,67)(H,54,55)(H,58,65)/t40-,43+,47-/m1/s1. The molecule has 3 atom stereocenters. The van der Waals surface area contributed by atoms with Gasteiger partial charge in [-0.3, -0.25) is 23.6 Å². The number of anilines is 2. The first-order valence-corrected chi connectivity index (χ1v) is 25.6. The lowest BCUT2D eigenvalue weighted by Crippen LogP contribution is -2.57. The van der Waals surface area contributed by atoms with Crippen LogP contribution in [0.1, 0.15) is 57.1 Å². The Balaban J connectivity index is 0.668. The lowest BCUT2D eigenvalue weighted by Gasteiger charge is -2.36. The van der Waals surface area contributed by atoms with Crippen molar-refractivity contribution >= 4 is 52.2 Å². The summed E-state index contributed by atoms with van der Waals surface area (Å²) in [7, 11) is 0. The van der Waals surface area contributed by atoms with Gasteiger partial charge in [-0.25, -0.2) is 9.97 Å². The van der Waals surface area contributed by atoms with E-state index in [0.717, 1.165) is 57.4 Å². The second-order valence-electron chi connectivity index (χ2n) is 19.1. The number of likely N-dealkylation sites (tertiary alicyclic amines) is 1. The first kappa shape index (κ1) is 52.5. The molecule has 0 radical (unpaired) electrons. The summed E-state index contributed by atoms with van der Waals surface area (Å²) in [6.45, 7) is 12.5. The summed E-state index contributed by atoms with van der Waals surface area (Å²) in [5.74, 6) is 0.299. The van der Waals surface area contributed by atoms with Crippen molar-refractivity contribution in [2.75, 3.05) is 82.6 Å². The maximum Gasteiger partial charge on any atom is 0.246 e. The molecule has 73 heavy (non-hydrogen) atoms. The summed E-state index contributed by atoms with van der Waals surface area (Å²) in [4.78, 5) is 69.0. The van der Waals surface area contributed by atoms with Crippen molar-refractivity contribution in [1.29, 1.82) is 0 Å². The number of ether oxygens (including phenoxy) is 3. The number of benzene rings is 2. The van der Waals surface area contributed by atoms with Crippen LogP contribution < -0.4 is 20.9 Å². The highest BCUT2D eigenvalue weighted by molar-refractivity contribution is 7.13. The van der Waals surface area contributed by atoms with E-state index in [2.05, 4.69) is 65.3 Å². The molecule has 6 aromatic rings. The predicted molar refractivity (Wildman–Crippen MR) is 274 cm³/mol. The Morgan fingerprint density at radius 2 is 1.56 bits per heavy atom. The Morgan fingerprint density at radius 1 is 0.863 bits per heavy atom. The Labute approximate surface area is 428 Å². The number of thiazole rings is 1. The quantitative estimate of drug-likeness (QED) is 0.0637. The third-order valence-electron chi connectivity index (χ3n) is 12.9. The molecule has 0 bridgehead atoms. The number of aliphatic hydroxyl groups excluding tert-OH is 1. The number of nitrogens with one attached hydrogen (secondary N) is 3. The monoisotopic (exact) mass is 1020 g/mol. The molecule has 2 aromatic carbocycles. The van der Waals surface area contributed by atoms with Crippen molar-refractivity contribution in [1.82, 2.24) is 45.0 Å². The summed E-state index contributed by atoms with van der Waals surface area (Å²) in [6, 6.07) is 18.1. The number of amides is 4. The predicted octanol–water partition coefficient (Wildman–Crippen LogP) is 4.72. The Morgan fingerprint density at radius 3 is 2.23 bits per heavy atom. The van der Waals surface area contributed by atoms with Gasteiger partial charge in [0, 0.05) is 69.6 Å². The molecule has 0 saturated carbocycles. The Hall–Kier alpha value is -6.78. The highest BCUT2D eigenvalue weighted by atomic mass is 32.1. The summed E-state index contributed by atoms with van der Waals surface area (Å²) < 4.78 is 24.2. The number of rotatable bonds is 23. The highest BCUT2D eigenvalue weighted by Crippen LogP contribution is 2.30. The number of furan rings is 1. The van der Waals surface area contributed by atoms with Crippen LogP contribution in [0.15, 0.2) is 89.4 Å². The van der Waals surface area contributed by atoms with Gasteiger partial charge in [0.1, 0.15) is 24.2 Å². The molecule has 0 spiro atoms. The number of carbonyl (C=O) groups excluding carboxylic acids is 4. The van der Waals surface area contributed by atoms with Gasteiger partial charge in [0.2, 0.25) is 29.6 Å². The van der Waals surface area contributed by atoms with E-state index in [-0.39, 0.29) is 63.3 Å². The number of fused-ring (bicyclic) bond motifs is 1. The van der Waals surface area contributed by atoms with Crippen LogP contribution in [-0.2, 0) is 46.5 Å². The maximum absolute atomic E-state index is 14.0. The molecule has 8 rings (SSSR count). The van der Waals surface area contributed by atoms with E-state index < -0.39 is 29.5 Å². The van der Waals surface area contributed by atoms with Gasteiger partial charge in [-0.1, -0.05) is 57.2 Å². The second kappa shape index (κ2) is 24.8. The lowest BCUT2D eigenvalue weighted by atomic mass is 9.85. The maximum atomic E-state index is 14.0. The number of aromatic nitrogens is 5. The second-order valence-corrected chi connectivity index (χ2v) is 20.0. The van der Waals surface area contributed by atoms with E-state index in [4.69, 9.17) is 18.6 Å². The zero-order valence-corrected chi connectivity index (χ0v) is 42.6. The molecule has 2 aliphatic heterocycles. The van der Waals surface area contributed by atoms with E-state index in [1.807, 2.05) is 78.9 Å². The number of piperazine rings is 1. The van der Waals surface area contributed by atoms with Crippen LogP contribution >= 0.6 is 11.3 Å². The first-order chi connectivity index (χ1) is 35.3. The Bertz CT molecular complexity index is 2750. The summed E-state index contributed by atoms with van der Waals surface area (Å²) >= 11 is 1.57. The highest BCUT2D eigenvalue weighted by Gasteiger charge is 2.44. The first-order valence-electron chi connectivity index (χ1n) is 24.7. The SMILES string of the molecule is Cc1ncsc1-c1ccc(CNC(=O)[C@@H]2C[C@@H](O)CN2C(=O)[C@@H](NC(=O)CCOCCOCCOCCC(=O)N2CCN(c3ccc(-c4cnc(NCc5ccco5)n5cnnc45)cc3)CC2)C(C)(C)C)cc1. The van der Waals surface area contributed by atoms with Gasteiger partial charge >= 0.3 is 0 Å². The van der Waals surface area contributed by atoms with Gasteiger partial charge in [-0.2, -0.15) is 0 Å². The molecule has 20 nitrogen and oxygen atoms in total. The zero-order valence-electron chi connectivity index (χ0n) is 41.8. The smallest absolute Gasteiger partial charge is 0.246 e. The largest absolute Gasteiger partial charge is 0.467 e. The molecule has 6 heterocycles. The van der Waals surface area contributed by atoms with Gasteiger partial charge in [0.15, 0.2) is 5.65 Å². The van der Waals surface area contributed by atoms with Crippen molar-refractivity contribution in [3.05, 3.63) is 102 Å². The molecular weight excluding hydrogens is 955 g/mol. The average molecular weight is 1020 g/mol. The minimum Gasteiger partial charge on any atom is -0.467 e. The molecule has 21 heteroatoms. The van der Waals surface area contributed by atoms with Crippen molar-refractivity contribution in [3.8, 4) is 21.6 Å². The topological polar surface area (TPSA) is 231 Å². The molecule has 388 valence electrons. The van der Waals surface area contributed by atoms with Crippen LogP contribution in [0.25, 0.3) is 27.2 Å². The number of hydrogen-bond donors (Lipinski definition) is 4. The number of aryl methyl sites for hydroxylation is 1. The van der Waals surface area contributed by atoms with E-state index in [0.29, 0.717) is 57.7 Å². The van der Waals surface area contributed by atoms with Gasteiger partial charge < -0.3 is 54.4 Å².